The molecule has 0 amide bonds. The van der Waals surface area contributed by atoms with Crippen molar-refractivity contribution >= 4 is 11.4 Å². The van der Waals surface area contributed by atoms with Crippen LogP contribution in [0.1, 0.15) is 17.5 Å². The monoisotopic (exact) mass is 270 g/mol. The third-order valence-corrected chi connectivity index (χ3v) is 3.23. The highest BCUT2D eigenvalue weighted by Crippen LogP contribution is 2.21. The van der Waals surface area contributed by atoms with Crippen molar-refractivity contribution in [3.8, 4) is 0 Å². The lowest BCUT2D eigenvalue weighted by atomic mass is 10.1. The number of benzene rings is 2. The maximum atomic E-state index is 10.8. The minimum Gasteiger partial charge on any atom is -0.385 e. The number of nitrogens with one attached hydrogen (secondary N) is 1. The van der Waals surface area contributed by atoms with E-state index < -0.39 is 0 Å². The fraction of sp³-hybridized carbons (Fsp3) is 0.250. The van der Waals surface area contributed by atoms with Gasteiger partial charge < -0.3 is 5.32 Å². The van der Waals surface area contributed by atoms with Crippen molar-refractivity contribution in [3.05, 3.63) is 69.8 Å². The molecule has 0 aliphatic heterocycles. The number of hydrogen-bond acceptors (Lipinski definition) is 3. The highest BCUT2D eigenvalue weighted by molar-refractivity contribution is 5.56. The van der Waals surface area contributed by atoms with Crippen molar-refractivity contribution in [2.24, 2.45) is 0 Å². The van der Waals surface area contributed by atoms with Crippen LogP contribution in [-0.4, -0.2) is 11.5 Å². The quantitative estimate of drug-likeness (QED) is 0.491. The van der Waals surface area contributed by atoms with Gasteiger partial charge in [-0.05, 0) is 30.9 Å². The first-order valence-corrected chi connectivity index (χ1v) is 6.69. The largest absolute Gasteiger partial charge is 0.385 e. The number of rotatable bonds is 6. The van der Waals surface area contributed by atoms with E-state index in [4.69, 9.17) is 0 Å². The van der Waals surface area contributed by atoms with Gasteiger partial charge in [-0.1, -0.05) is 36.4 Å². The second kappa shape index (κ2) is 6.70. The van der Waals surface area contributed by atoms with Crippen molar-refractivity contribution < 1.29 is 4.92 Å². The molecule has 0 bridgehead atoms. The Labute approximate surface area is 118 Å². The molecule has 0 fully saturated rings. The minimum atomic E-state index is -0.366. The second-order valence-electron chi connectivity index (χ2n) is 4.77. The van der Waals surface area contributed by atoms with Crippen LogP contribution in [-0.2, 0) is 6.42 Å². The Kier molecular flexibility index (Phi) is 4.71. The predicted octanol–water partition coefficient (Wildman–Crippen LogP) is 3.95. The molecule has 4 nitrogen and oxygen atoms in total. The van der Waals surface area contributed by atoms with Gasteiger partial charge in [0.1, 0.15) is 0 Å². The molecule has 4 heteroatoms. The smallest absolute Gasteiger partial charge is 0.271 e. The lowest BCUT2D eigenvalue weighted by molar-refractivity contribution is -0.384. The Balaban J connectivity index is 1.88. The van der Waals surface area contributed by atoms with E-state index in [2.05, 4.69) is 17.4 Å². The maximum Gasteiger partial charge on any atom is 0.271 e. The van der Waals surface area contributed by atoms with Crippen LogP contribution in [0.25, 0.3) is 0 Å². The van der Waals surface area contributed by atoms with Gasteiger partial charge in [-0.15, -0.1) is 0 Å². The van der Waals surface area contributed by atoms with Crippen LogP contribution in [0.2, 0.25) is 0 Å². The van der Waals surface area contributed by atoms with Crippen LogP contribution in [0.5, 0.6) is 0 Å². The van der Waals surface area contributed by atoms with Crippen molar-refractivity contribution in [2.75, 3.05) is 11.9 Å². The number of nitro groups is 1. The van der Waals surface area contributed by atoms with E-state index in [9.17, 15) is 10.1 Å². The van der Waals surface area contributed by atoms with Crippen molar-refractivity contribution in [1.82, 2.24) is 0 Å². The number of non-ortho nitro benzene ring substituents is 1. The van der Waals surface area contributed by atoms with E-state index in [0.29, 0.717) is 0 Å². The average molecular weight is 270 g/mol. The highest BCUT2D eigenvalue weighted by Gasteiger charge is 2.07. The van der Waals surface area contributed by atoms with Gasteiger partial charge in [-0.2, -0.15) is 0 Å². The van der Waals surface area contributed by atoms with Gasteiger partial charge in [0.05, 0.1) is 4.92 Å². The van der Waals surface area contributed by atoms with Crippen molar-refractivity contribution in [2.45, 2.75) is 19.8 Å². The number of nitro benzene ring substituents is 1. The molecule has 0 atom stereocenters. The first-order chi connectivity index (χ1) is 9.66. The number of aryl methyl sites for hydroxylation is 2. The second-order valence-corrected chi connectivity index (χ2v) is 4.77. The summed E-state index contributed by atoms with van der Waals surface area (Å²) < 4.78 is 0. The summed E-state index contributed by atoms with van der Waals surface area (Å²) in [6, 6.07) is 15.2. The van der Waals surface area contributed by atoms with Crippen LogP contribution < -0.4 is 5.32 Å². The molecule has 0 aliphatic carbocycles. The van der Waals surface area contributed by atoms with Gasteiger partial charge in [0, 0.05) is 24.4 Å². The summed E-state index contributed by atoms with van der Waals surface area (Å²) in [4.78, 5) is 10.4. The third-order valence-electron chi connectivity index (χ3n) is 3.23. The normalized spacial score (nSPS) is 10.2. The van der Waals surface area contributed by atoms with Gasteiger partial charge in [0.15, 0.2) is 0 Å². The first kappa shape index (κ1) is 14.1. The molecular weight excluding hydrogens is 252 g/mol. The molecule has 0 aliphatic rings. The van der Waals surface area contributed by atoms with Crippen LogP contribution >= 0.6 is 0 Å². The van der Waals surface area contributed by atoms with E-state index in [1.54, 1.807) is 12.1 Å². The summed E-state index contributed by atoms with van der Waals surface area (Å²) >= 11 is 0. The van der Waals surface area contributed by atoms with Crippen LogP contribution in [0.4, 0.5) is 11.4 Å². The molecule has 2 aromatic rings. The lowest BCUT2D eigenvalue weighted by Crippen LogP contribution is -2.05. The van der Waals surface area contributed by atoms with E-state index in [1.165, 1.54) is 11.6 Å². The summed E-state index contributed by atoms with van der Waals surface area (Å²) in [7, 11) is 0. The topological polar surface area (TPSA) is 55.2 Å². The lowest BCUT2D eigenvalue weighted by Gasteiger charge is -2.09. The van der Waals surface area contributed by atoms with Gasteiger partial charge in [-0.25, -0.2) is 0 Å². The van der Waals surface area contributed by atoms with Gasteiger partial charge in [0.25, 0.3) is 5.69 Å². The fourth-order valence-corrected chi connectivity index (χ4v) is 2.07. The van der Waals surface area contributed by atoms with Crippen molar-refractivity contribution in [3.63, 3.8) is 0 Å². The zero-order chi connectivity index (χ0) is 14.4. The summed E-state index contributed by atoms with van der Waals surface area (Å²) in [5, 5.41) is 14.0. The SMILES string of the molecule is Cc1ccc([N+](=O)[O-])cc1NCCCc1ccccc1. The number of anilines is 1. The van der Waals surface area contributed by atoms with E-state index in [1.807, 2.05) is 25.1 Å². The summed E-state index contributed by atoms with van der Waals surface area (Å²) in [6.07, 6.45) is 1.99. The molecule has 0 radical (unpaired) electrons. The molecule has 1 N–H and O–H groups in total. The van der Waals surface area contributed by atoms with Crippen LogP contribution in [0.15, 0.2) is 48.5 Å². The van der Waals surface area contributed by atoms with Gasteiger partial charge in [-0.3, -0.25) is 10.1 Å². The zero-order valence-corrected chi connectivity index (χ0v) is 11.5. The Morgan fingerprint density at radius 1 is 1.15 bits per heavy atom. The molecule has 20 heavy (non-hydrogen) atoms. The Hall–Kier alpha value is -2.36. The molecule has 0 unspecified atom stereocenters. The number of hydrogen-bond donors (Lipinski definition) is 1. The molecule has 0 spiro atoms. The first-order valence-electron chi connectivity index (χ1n) is 6.69. The average Bonchev–Trinajstić information content (AvgIpc) is 2.46. The Morgan fingerprint density at radius 3 is 2.60 bits per heavy atom. The van der Waals surface area contributed by atoms with E-state index in [0.717, 1.165) is 30.6 Å². The predicted molar refractivity (Wildman–Crippen MR) is 81.1 cm³/mol. The maximum absolute atomic E-state index is 10.8. The van der Waals surface area contributed by atoms with Crippen LogP contribution in [0, 0.1) is 17.0 Å². The fourth-order valence-electron chi connectivity index (χ4n) is 2.07. The highest BCUT2D eigenvalue weighted by atomic mass is 16.6. The Morgan fingerprint density at radius 2 is 1.90 bits per heavy atom. The number of nitrogens with zero attached hydrogens (tertiary/aromatic N) is 1. The molecule has 0 saturated carbocycles. The molecule has 0 heterocycles. The molecular formula is C16H18N2O2. The van der Waals surface area contributed by atoms with Gasteiger partial charge >= 0.3 is 0 Å². The molecule has 104 valence electrons. The standard InChI is InChI=1S/C16H18N2O2/c1-13-9-10-15(18(19)20)12-16(13)17-11-5-8-14-6-3-2-4-7-14/h2-4,6-7,9-10,12,17H,5,8,11H2,1H3. The molecule has 2 aromatic carbocycles. The summed E-state index contributed by atoms with van der Waals surface area (Å²) in [5.74, 6) is 0. The molecule has 0 saturated heterocycles. The van der Waals surface area contributed by atoms with Crippen LogP contribution in [0.3, 0.4) is 0 Å². The minimum absolute atomic E-state index is 0.126. The Bertz CT molecular complexity index is 582. The summed E-state index contributed by atoms with van der Waals surface area (Å²) in [5.41, 5.74) is 3.30. The molecule has 0 aromatic heterocycles. The third kappa shape index (κ3) is 3.82. The zero-order valence-electron chi connectivity index (χ0n) is 11.5. The van der Waals surface area contributed by atoms with E-state index in [-0.39, 0.29) is 10.6 Å². The van der Waals surface area contributed by atoms with Gasteiger partial charge in [0.2, 0.25) is 0 Å². The summed E-state index contributed by atoms with van der Waals surface area (Å²) in [6.45, 7) is 2.75. The van der Waals surface area contributed by atoms with E-state index >= 15 is 0 Å². The van der Waals surface area contributed by atoms with Crippen molar-refractivity contribution in [1.29, 1.82) is 0 Å². The molecule has 2 rings (SSSR count).